The summed E-state index contributed by atoms with van der Waals surface area (Å²) in [6, 6.07) is 8.13. The molecule has 0 saturated carbocycles. The van der Waals surface area contributed by atoms with Gasteiger partial charge in [-0.3, -0.25) is 0 Å². The van der Waals surface area contributed by atoms with Crippen LogP contribution in [0.25, 0.3) is 10.1 Å². The standard InChI is InChI=1S/C10H6BrNS2/c11-9-5-7-8(13)2-1-6(3-4-12)10(7)14-9/h1-2,5,13H,3H2. The molecule has 2 aromatic rings. The smallest absolute Gasteiger partial charge is 0.0711 e. The molecule has 1 aromatic carbocycles. The highest BCUT2D eigenvalue weighted by Crippen LogP contribution is 2.35. The van der Waals surface area contributed by atoms with E-state index in [2.05, 4.69) is 34.6 Å². The van der Waals surface area contributed by atoms with Gasteiger partial charge in [-0.25, -0.2) is 0 Å². The average molecular weight is 284 g/mol. The predicted molar refractivity (Wildman–Crippen MR) is 66.1 cm³/mol. The number of hydrogen-bond acceptors (Lipinski definition) is 3. The highest BCUT2D eigenvalue weighted by molar-refractivity contribution is 9.11. The van der Waals surface area contributed by atoms with E-state index in [1.165, 1.54) is 0 Å². The van der Waals surface area contributed by atoms with Gasteiger partial charge in [0.25, 0.3) is 0 Å². The first-order chi connectivity index (χ1) is 6.72. The molecule has 0 aliphatic carbocycles. The van der Waals surface area contributed by atoms with Crippen LogP contribution >= 0.6 is 39.9 Å². The Bertz CT molecular complexity index is 525. The summed E-state index contributed by atoms with van der Waals surface area (Å²) < 4.78 is 2.24. The minimum atomic E-state index is 0.456. The molecule has 1 nitrogen and oxygen atoms in total. The number of nitrogens with zero attached hydrogens (tertiary/aromatic N) is 1. The molecule has 0 radical (unpaired) electrons. The number of halogens is 1. The molecule has 0 saturated heterocycles. The molecule has 2 rings (SSSR count). The summed E-state index contributed by atoms with van der Waals surface area (Å²) in [5.74, 6) is 0. The van der Waals surface area contributed by atoms with Crippen molar-refractivity contribution in [3.63, 3.8) is 0 Å². The summed E-state index contributed by atoms with van der Waals surface area (Å²) in [7, 11) is 0. The lowest BCUT2D eigenvalue weighted by Gasteiger charge is -1.99. The van der Waals surface area contributed by atoms with E-state index in [1.54, 1.807) is 11.3 Å². The van der Waals surface area contributed by atoms with E-state index in [-0.39, 0.29) is 0 Å². The van der Waals surface area contributed by atoms with Gasteiger partial charge < -0.3 is 0 Å². The van der Waals surface area contributed by atoms with Crippen LogP contribution in [0, 0.1) is 11.3 Å². The summed E-state index contributed by atoms with van der Waals surface area (Å²) in [6.45, 7) is 0. The van der Waals surface area contributed by atoms with E-state index >= 15 is 0 Å². The van der Waals surface area contributed by atoms with E-state index in [0.717, 1.165) is 24.3 Å². The highest BCUT2D eigenvalue weighted by atomic mass is 79.9. The lowest BCUT2D eigenvalue weighted by molar-refractivity contribution is 1.28. The number of rotatable bonds is 1. The van der Waals surface area contributed by atoms with Gasteiger partial charge >= 0.3 is 0 Å². The lowest BCUT2D eigenvalue weighted by atomic mass is 10.1. The van der Waals surface area contributed by atoms with Gasteiger partial charge in [-0.15, -0.1) is 24.0 Å². The molecular weight excluding hydrogens is 278 g/mol. The fourth-order valence-corrected chi connectivity index (χ4v) is 3.32. The number of hydrogen-bond donors (Lipinski definition) is 1. The van der Waals surface area contributed by atoms with Crippen LogP contribution in [0.15, 0.2) is 26.9 Å². The average Bonchev–Trinajstić information content (AvgIpc) is 2.53. The predicted octanol–water partition coefficient (Wildman–Crippen LogP) is 4.02. The fourth-order valence-electron chi connectivity index (χ4n) is 1.36. The minimum absolute atomic E-state index is 0.456. The maximum absolute atomic E-state index is 8.68. The fraction of sp³-hybridized carbons (Fsp3) is 0.100. The zero-order valence-corrected chi connectivity index (χ0v) is 10.4. The molecule has 0 atom stereocenters. The van der Waals surface area contributed by atoms with Gasteiger partial charge in [-0.1, -0.05) is 6.07 Å². The Balaban J connectivity index is 2.75. The van der Waals surface area contributed by atoms with Crippen molar-refractivity contribution < 1.29 is 0 Å². The maximum Gasteiger partial charge on any atom is 0.0711 e. The number of benzene rings is 1. The molecule has 0 N–H and O–H groups in total. The molecule has 1 aromatic heterocycles. The normalized spacial score (nSPS) is 10.4. The summed E-state index contributed by atoms with van der Waals surface area (Å²) in [5, 5.41) is 9.80. The first kappa shape index (κ1) is 10.0. The van der Waals surface area contributed by atoms with E-state index in [9.17, 15) is 0 Å². The molecule has 0 fully saturated rings. The van der Waals surface area contributed by atoms with Crippen LogP contribution in [0.3, 0.4) is 0 Å². The van der Waals surface area contributed by atoms with Crippen LogP contribution in [-0.4, -0.2) is 0 Å². The molecule has 0 aliphatic rings. The molecule has 4 heteroatoms. The Morgan fingerprint density at radius 3 is 3.00 bits per heavy atom. The summed E-state index contributed by atoms with van der Waals surface area (Å²) in [5.41, 5.74) is 1.08. The molecule has 0 unspecified atom stereocenters. The van der Waals surface area contributed by atoms with Crippen molar-refractivity contribution in [3.05, 3.63) is 27.5 Å². The van der Waals surface area contributed by atoms with Crippen molar-refractivity contribution in [2.24, 2.45) is 0 Å². The van der Waals surface area contributed by atoms with Gasteiger partial charge in [0.2, 0.25) is 0 Å². The number of thiol groups is 1. The molecule has 1 heterocycles. The largest absolute Gasteiger partial charge is 0.198 e. The van der Waals surface area contributed by atoms with E-state index in [1.807, 2.05) is 18.2 Å². The van der Waals surface area contributed by atoms with Crippen molar-refractivity contribution >= 4 is 50.0 Å². The van der Waals surface area contributed by atoms with Crippen LogP contribution in [0.5, 0.6) is 0 Å². The topological polar surface area (TPSA) is 23.8 Å². The number of nitriles is 1. The minimum Gasteiger partial charge on any atom is -0.198 e. The second-order valence-corrected chi connectivity index (χ2v) is 5.79. The number of thiophene rings is 1. The monoisotopic (exact) mass is 283 g/mol. The maximum atomic E-state index is 8.68. The zero-order chi connectivity index (χ0) is 10.1. The van der Waals surface area contributed by atoms with Crippen LogP contribution in [-0.2, 0) is 6.42 Å². The van der Waals surface area contributed by atoms with E-state index in [4.69, 9.17) is 5.26 Å². The van der Waals surface area contributed by atoms with Gasteiger partial charge in [0.1, 0.15) is 0 Å². The molecule has 0 bridgehead atoms. The third-order valence-corrected chi connectivity index (χ3v) is 4.09. The van der Waals surface area contributed by atoms with E-state index < -0.39 is 0 Å². The van der Waals surface area contributed by atoms with E-state index in [0.29, 0.717) is 6.42 Å². The Morgan fingerprint density at radius 2 is 2.29 bits per heavy atom. The van der Waals surface area contributed by atoms with Gasteiger partial charge in [0, 0.05) is 15.0 Å². The molecule has 70 valence electrons. The second kappa shape index (κ2) is 3.93. The summed E-state index contributed by atoms with van der Waals surface area (Å²) in [4.78, 5) is 0.962. The quantitative estimate of drug-likeness (QED) is 0.786. The number of fused-ring (bicyclic) bond motifs is 1. The highest BCUT2D eigenvalue weighted by Gasteiger charge is 2.07. The Morgan fingerprint density at radius 1 is 1.50 bits per heavy atom. The van der Waals surface area contributed by atoms with Gasteiger partial charge in [-0.2, -0.15) is 5.26 Å². The third kappa shape index (κ3) is 1.68. The van der Waals surface area contributed by atoms with Crippen molar-refractivity contribution in [2.75, 3.05) is 0 Å². The van der Waals surface area contributed by atoms with Crippen LogP contribution < -0.4 is 0 Å². The third-order valence-electron chi connectivity index (χ3n) is 1.98. The SMILES string of the molecule is N#CCc1ccc(S)c2cc(Br)sc12. The van der Waals surface area contributed by atoms with Crippen LogP contribution in [0.2, 0.25) is 0 Å². The van der Waals surface area contributed by atoms with Crippen LogP contribution in [0.1, 0.15) is 5.56 Å². The molecule has 0 spiro atoms. The van der Waals surface area contributed by atoms with Crippen LogP contribution in [0.4, 0.5) is 0 Å². The molecule has 0 amide bonds. The van der Waals surface area contributed by atoms with Gasteiger partial charge in [0.15, 0.2) is 0 Å². The zero-order valence-electron chi connectivity index (χ0n) is 7.12. The first-order valence-electron chi connectivity index (χ1n) is 3.99. The van der Waals surface area contributed by atoms with Crippen molar-refractivity contribution in [1.29, 1.82) is 5.26 Å². The Labute approximate surface area is 99.9 Å². The van der Waals surface area contributed by atoms with Gasteiger partial charge in [-0.05, 0) is 33.6 Å². The van der Waals surface area contributed by atoms with Crippen molar-refractivity contribution in [1.82, 2.24) is 0 Å². The Kier molecular flexibility index (Phi) is 2.82. The molecule has 0 aliphatic heterocycles. The lowest BCUT2D eigenvalue weighted by Crippen LogP contribution is -1.81. The molecule has 14 heavy (non-hydrogen) atoms. The molecular formula is C10H6BrNS2. The van der Waals surface area contributed by atoms with Gasteiger partial charge in [0.05, 0.1) is 16.3 Å². The second-order valence-electron chi connectivity index (χ2n) is 2.87. The summed E-state index contributed by atoms with van der Waals surface area (Å²) in [6.07, 6.45) is 0.456. The summed E-state index contributed by atoms with van der Waals surface area (Å²) >= 11 is 9.48. The van der Waals surface area contributed by atoms with Crippen molar-refractivity contribution in [3.8, 4) is 6.07 Å². The first-order valence-corrected chi connectivity index (χ1v) is 6.05. The Hall–Kier alpha value is -0.500. The van der Waals surface area contributed by atoms with Crippen molar-refractivity contribution in [2.45, 2.75) is 11.3 Å².